The van der Waals surface area contributed by atoms with Crippen molar-refractivity contribution in [1.82, 2.24) is 5.01 Å². The molecular formula is C3H7BrN4. The molecule has 0 aliphatic carbocycles. The van der Waals surface area contributed by atoms with Gasteiger partial charge in [0.15, 0.2) is 0 Å². The Morgan fingerprint density at radius 1 is 1.62 bits per heavy atom. The smallest absolute Gasteiger partial charge is 0.145 e. The molecule has 0 aromatic carbocycles. The van der Waals surface area contributed by atoms with E-state index >= 15 is 0 Å². The van der Waals surface area contributed by atoms with E-state index in [1.807, 2.05) is 0 Å². The molecule has 1 aliphatic rings. The van der Waals surface area contributed by atoms with Crippen molar-refractivity contribution in [3.05, 3.63) is 12.4 Å². The molecule has 0 aromatic heterocycles. The van der Waals surface area contributed by atoms with Crippen molar-refractivity contribution in [2.45, 2.75) is 0 Å². The summed E-state index contributed by atoms with van der Waals surface area (Å²) in [5.41, 5.74) is 0. The van der Waals surface area contributed by atoms with Crippen LogP contribution in [-0.4, -0.2) is 11.7 Å². The highest BCUT2D eigenvalue weighted by Crippen LogP contribution is 1.89. The fourth-order valence-corrected chi connectivity index (χ4v) is 0.319. The lowest BCUT2D eigenvalue weighted by Crippen LogP contribution is -2.25. The third-order valence-electron chi connectivity index (χ3n) is 0.633. The minimum absolute atomic E-state index is 0. The van der Waals surface area contributed by atoms with Gasteiger partial charge in [0.1, 0.15) is 6.67 Å². The summed E-state index contributed by atoms with van der Waals surface area (Å²) in [5.74, 6) is 5.23. The number of hydrazine groups is 1. The van der Waals surface area contributed by atoms with Gasteiger partial charge in [-0.2, -0.15) is 10.2 Å². The number of nitrogens with two attached hydrogens (primary N) is 1. The largest absolute Gasteiger partial charge is 0.293 e. The second-order valence-electron chi connectivity index (χ2n) is 1.21. The minimum atomic E-state index is 0. The van der Waals surface area contributed by atoms with E-state index in [9.17, 15) is 0 Å². The molecule has 0 saturated heterocycles. The number of hydrogen-bond donors (Lipinski definition) is 1. The van der Waals surface area contributed by atoms with Gasteiger partial charge in [-0.25, -0.2) is 5.84 Å². The molecule has 8 heavy (non-hydrogen) atoms. The van der Waals surface area contributed by atoms with Crippen molar-refractivity contribution in [3.63, 3.8) is 0 Å². The molecule has 0 fully saturated rings. The molecule has 2 N–H and O–H groups in total. The number of hydrogen-bond acceptors (Lipinski definition) is 4. The summed E-state index contributed by atoms with van der Waals surface area (Å²) in [6.45, 7) is 0.469. The fourth-order valence-electron chi connectivity index (χ4n) is 0.319. The summed E-state index contributed by atoms with van der Waals surface area (Å²) in [5, 5.41) is 8.60. The summed E-state index contributed by atoms with van der Waals surface area (Å²) in [6, 6.07) is 0. The molecule has 0 bridgehead atoms. The summed E-state index contributed by atoms with van der Waals surface area (Å²) < 4.78 is 0. The Balaban J connectivity index is 0.000000490. The molecule has 0 amide bonds. The van der Waals surface area contributed by atoms with Crippen LogP contribution in [0.1, 0.15) is 0 Å². The highest BCUT2D eigenvalue weighted by atomic mass is 79.9. The number of nitrogens with zero attached hydrogens (tertiary/aromatic N) is 3. The summed E-state index contributed by atoms with van der Waals surface area (Å²) in [7, 11) is 0. The van der Waals surface area contributed by atoms with Crippen molar-refractivity contribution < 1.29 is 0 Å². The Morgan fingerprint density at radius 3 is 2.62 bits per heavy atom. The van der Waals surface area contributed by atoms with Gasteiger partial charge in [-0.1, -0.05) is 0 Å². The van der Waals surface area contributed by atoms with E-state index in [2.05, 4.69) is 10.2 Å². The first kappa shape index (κ1) is 7.58. The van der Waals surface area contributed by atoms with Gasteiger partial charge in [-0.15, -0.1) is 17.0 Å². The number of halogens is 1. The van der Waals surface area contributed by atoms with Gasteiger partial charge in [0, 0.05) is 6.20 Å². The normalized spacial score (nSPS) is 15.9. The Bertz CT molecular complexity index is 110. The Kier molecular flexibility index (Phi) is 3.38. The molecule has 4 nitrogen and oxygen atoms in total. The van der Waals surface area contributed by atoms with E-state index < -0.39 is 0 Å². The maximum atomic E-state index is 5.23. The van der Waals surface area contributed by atoms with Crippen molar-refractivity contribution in [2.75, 3.05) is 6.67 Å². The standard InChI is InChI=1S/C3H6N4.BrH/c4-7-2-1-5-6-3-7;/h1-2H,3-4H2;1H. The first-order valence-electron chi connectivity index (χ1n) is 1.94. The molecule has 0 atom stereocenters. The molecule has 1 heterocycles. The quantitative estimate of drug-likeness (QED) is 0.554. The maximum absolute atomic E-state index is 5.23. The molecule has 46 valence electrons. The molecule has 0 spiro atoms. The fraction of sp³-hybridized carbons (Fsp3) is 0.333. The van der Waals surface area contributed by atoms with Crippen LogP contribution in [-0.2, 0) is 0 Å². The zero-order chi connectivity index (χ0) is 5.11. The lowest BCUT2D eigenvalue weighted by atomic mass is 10.8. The third kappa shape index (κ3) is 2.04. The minimum Gasteiger partial charge on any atom is -0.293 e. The Morgan fingerprint density at radius 2 is 2.38 bits per heavy atom. The molecule has 0 radical (unpaired) electrons. The first-order valence-corrected chi connectivity index (χ1v) is 1.94. The van der Waals surface area contributed by atoms with Gasteiger partial charge in [0.05, 0.1) is 6.20 Å². The summed E-state index contributed by atoms with van der Waals surface area (Å²) in [6.07, 6.45) is 3.20. The molecule has 1 rings (SSSR count). The average molecular weight is 179 g/mol. The van der Waals surface area contributed by atoms with Crippen LogP contribution in [0.2, 0.25) is 0 Å². The van der Waals surface area contributed by atoms with E-state index in [0.717, 1.165) is 0 Å². The lowest BCUT2D eigenvalue weighted by molar-refractivity contribution is 0.388. The summed E-state index contributed by atoms with van der Waals surface area (Å²) >= 11 is 0. The van der Waals surface area contributed by atoms with E-state index in [4.69, 9.17) is 5.84 Å². The second kappa shape index (κ2) is 3.57. The van der Waals surface area contributed by atoms with Crippen molar-refractivity contribution in [3.8, 4) is 0 Å². The van der Waals surface area contributed by atoms with Crippen LogP contribution in [0.25, 0.3) is 0 Å². The Hall–Kier alpha value is -0.420. The van der Waals surface area contributed by atoms with Gasteiger partial charge in [-0.05, 0) is 0 Å². The second-order valence-corrected chi connectivity index (χ2v) is 1.21. The van der Waals surface area contributed by atoms with Crippen LogP contribution in [0.3, 0.4) is 0 Å². The molecular weight excluding hydrogens is 172 g/mol. The predicted molar refractivity (Wildman–Crippen MR) is 35.2 cm³/mol. The van der Waals surface area contributed by atoms with Gasteiger partial charge < -0.3 is 0 Å². The average Bonchev–Trinajstić information content (AvgIpc) is 1.69. The van der Waals surface area contributed by atoms with Crippen LogP contribution < -0.4 is 5.84 Å². The van der Waals surface area contributed by atoms with Gasteiger partial charge in [0.2, 0.25) is 0 Å². The summed E-state index contributed by atoms with van der Waals surface area (Å²) in [4.78, 5) is 0. The van der Waals surface area contributed by atoms with Crippen LogP contribution >= 0.6 is 17.0 Å². The molecule has 0 unspecified atom stereocenters. The zero-order valence-corrected chi connectivity index (χ0v) is 5.90. The topological polar surface area (TPSA) is 54.0 Å². The van der Waals surface area contributed by atoms with Gasteiger partial charge in [-0.3, -0.25) is 5.01 Å². The monoisotopic (exact) mass is 178 g/mol. The van der Waals surface area contributed by atoms with E-state index in [0.29, 0.717) is 6.67 Å². The third-order valence-corrected chi connectivity index (χ3v) is 0.633. The SMILES string of the molecule is Br.NN1C=CN=NC1. The Labute approximate surface area is 57.8 Å². The van der Waals surface area contributed by atoms with E-state index in [1.165, 1.54) is 5.01 Å². The molecule has 0 aromatic rings. The van der Waals surface area contributed by atoms with Crippen LogP contribution in [0, 0.1) is 0 Å². The van der Waals surface area contributed by atoms with E-state index in [1.54, 1.807) is 12.4 Å². The van der Waals surface area contributed by atoms with E-state index in [-0.39, 0.29) is 17.0 Å². The maximum Gasteiger partial charge on any atom is 0.145 e. The van der Waals surface area contributed by atoms with Crippen molar-refractivity contribution in [1.29, 1.82) is 0 Å². The molecule has 0 saturated carbocycles. The number of azo groups is 1. The van der Waals surface area contributed by atoms with Crippen molar-refractivity contribution in [2.24, 2.45) is 16.1 Å². The molecule has 1 aliphatic heterocycles. The number of rotatable bonds is 0. The van der Waals surface area contributed by atoms with Crippen LogP contribution in [0.15, 0.2) is 22.6 Å². The first-order chi connectivity index (χ1) is 3.39. The van der Waals surface area contributed by atoms with Crippen molar-refractivity contribution >= 4 is 17.0 Å². The lowest BCUT2D eigenvalue weighted by Gasteiger charge is -2.09. The van der Waals surface area contributed by atoms with Gasteiger partial charge >= 0.3 is 0 Å². The highest BCUT2D eigenvalue weighted by molar-refractivity contribution is 8.93. The van der Waals surface area contributed by atoms with Crippen LogP contribution in [0.5, 0.6) is 0 Å². The predicted octanol–water partition coefficient (Wildman–Crippen LogP) is 0.635. The van der Waals surface area contributed by atoms with Gasteiger partial charge in [0.25, 0.3) is 0 Å². The highest BCUT2D eigenvalue weighted by Gasteiger charge is 1.88. The zero-order valence-electron chi connectivity index (χ0n) is 4.19. The van der Waals surface area contributed by atoms with Crippen LogP contribution in [0.4, 0.5) is 0 Å². The molecule has 5 heteroatoms.